The van der Waals surface area contributed by atoms with Gasteiger partial charge in [0.2, 0.25) is 5.91 Å². The van der Waals surface area contributed by atoms with Crippen LogP contribution in [0.4, 0.5) is 10.8 Å². The number of carbonyl (C=O) groups excluding carboxylic acids is 1. The van der Waals surface area contributed by atoms with Crippen molar-refractivity contribution in [3.8, 4) is 10.4 Å². The number of nitro groups is 1. The Morgan fingerprint density at radius 2 is 1.84 bits per heavy atom. The summed E-state index contributed by atoms with van der Waals surface area (Å²) in [6.45, 7) is 1.89. The molecule has 0 fully saturated rings. The van der Waals surface area contributed by atoms with E-state index in [1.165, 1.54) is 17.4 Å². The van der Waals surface area contributed by atoms with Crippen molar-refractivity contribution >= 4 is 28.1 Å². The number of nitrogens with zero attached hydrogens (tertiary/aromatic N) is 2. The minimum absolute atomic E-state index is 0.0575. The van der Waals surface area contributed by atoms with E-state index in [9.17, 15) is 14.9 Å². The van der Waals surface area contributed by atoms with Gasteiger partial charge >= 0.3 is 0 Å². The van der Waals surface area contributed by atoms with Gasteiger partial charge in [0.1, 0.15) is 0 Å². The van der Waals surface area contributed by atoms with E-state index < -0.39 is 4.92 Å². The maximum Gasteiger partial charge on any atom is 0.273 e. The third-order valence-electron chi connectivity index (χ3n) is 3.62. The number of benzene rings is 2. The highest BCUT2D eigenvalue weighted by Gasteiger charge is 2.17. The number of hydrogen-bond acceptors (Lipinski definition) is 5. The lowest BCUT2D eigenvalue weighted by Crippen LogP contribution is -2.15. The maximum absolute atomic E-state index is 12.2. The first-order valence-corrected chi connectivity index (χ1v) is 8.41. The molecule has 1 amide bonds. The summed E-state index contributed by atoms with van der Waals surface area (Å²) < 4.78 is 0. The van der Waals surface area contributed by atoms with Crippen LogP contribution in [-0.2, 0) is 11.2 Å². The maximum atomic E-state index is 12.2. The Balaban J connectivity index is 1.75. The van der Waals surface area contributed by atoms with Gasteiger partial charge in [-0.15, -0.1) is 0 Å². The van der Waals surface area contributed by atoms with Crippen molar-refractivity contribution in [1.82, 2.24) is 4.98 Å². The molecule has 0 aliphatic heterocycles. The molecule has 0 aliphatic carbocycles. The summed E-state index contributed by atoms with van der Waals surface area (Å²) in [5.74, 6) is -0.331. The number of nitro benzene ring substituents is 1. The van der Waals surface area contributed by atoms with Gasteiger partial charge in [0, 0.05) is 11.6 Å². The van der Waals surface area contributed by atoms with E-state index >= 15 is 0 Å². The molecule has 0 unspecified atom stereocenters. The van der Waals surface area contributed by atoms with Crippen LogP contribution in [0.15, 0.2) is 54.6 Å². The number of anilines is 1. The number of nitrogens with one attached hydrogen (secondary N) is 1. The average molecular weight is 353 g/mol. The first-order valence-electron chi connectivity index (χ1n) is 7.59. The summed E-state index contributed by atoms with van der Waals surface area (Å²) in [7, 11) is 0. The molecule has 0 radical (unpaired) electrons. The van der Waals surface area contributed by atoms with E-state index in [0.717, 1.165) is 16.1 Å². The summed E-state index contributed by atoms with van der Waals surface area (Å²) in [5.41, 5.74) is 2.19. The van der Waals surface area contributed by atoms with Crippen molar-refractivity contribution in [3.05, 3.63) is 76.0 Å². The van der Waals surface area contributed by atoms with E-state index in [1.807, 2.05) is 37.3 Å². The number of amides is 1. The number of rotatable bonds is 5. The monoisotopic (exact) mass is 353 g/mol. The van der Waals surface area contributed by atoms with Gasteiger partial charge in [0.25, 0.3) is 5.69 Å². The van der Waals surface area contributed by atoms with Crippen LogP contribution in [-0.4, -0.2) is 15.8 Å². The number of thiazole rings is 1. The Morgan fingerprint density at radius 1 is 1.16 bits per heavy atom. The number of para-hydroxylation sites is 1. The Kier molecular flexibility index (Phi) is 4.85. The van der Waals surface area contributed by atoms with Gasteiger partial charge in [-0.25, -0.2) is 4.98 Å². The van der Waals surface area contributed by atoms with Crippen LogP contribution in [0.5, 0.6) is 0 Å². The molecule has 6 nitrogen and oxygen atoms in total. The molecule has 126 valence electrons. The van der Waals surface area contributed by atoms with Gasteiger partial charge in [0.05, 0.1) is 21.9 Å². The molecule has 3 rings (SSSR count). The number of aromatic nitrogens is 1. The summed E-state index contributed by atoms with van der Waals surface area (Å²) in [4.78, 5) is 28.2. The minimum Gasteiger partial charge on any atom is -0.302 e. The molecule has 0 atom stereocenters. The summed E-state index contributed by atoms with van der Waals surface area (Å²) >= 11 is 1.39. The van der Waals surface area contributed by atoms with E-state index in [1.54, 1.807) is 18.2 Å². The molecule has 25 heavy (non-hydrogen) atoms. The van der Waals surface area contributed by atoms with Crippen LogP contribution in [0.25, 0.3) is 10.4 Å². The topological polar surface area (TPSA) is 85.1 Å². The molecule has 0 saturated carbocycles. The fraction of sp³-hybridized carbons (Fsp3) is 0.111. The second kappa shape index (κ2) is 7.23. The van der Waals surface area contributed by atoms with Crippen LogP contribution >= 0.6 is 11.3 Å². The highest BCUT2D eigenvalue weighted by atomic mass is 32.1. The molecule has 2 aromatic carbocycles. The zero-order valence-electron chi connectivity index (χ0n) is 13.4. The zero-order valence-corrected chi connectivity index (χ0v) is 14.2. The predicted octanol–water partition coefficient (Wildman–Crippen LogP) is 4.21. The van der Waals surface area contributed by atoms with Crippen molar-refractivity contribution < 1.29 is 9.72 Å². The molecular formula is C18H15N3O3S. The summed E-state index contributed by atoms with van der Waals surface area (Å²) in [6, 6.07) is 16.0. The molecule has 1 heterocycles. The Bertz CT molecular complexity index is 922. The number of aryl methyl sites for hydroxylation is 1. The van der Waals surface area contributed by atoms with Gasteiger partial charge in [-0.1, -0.05) is 59.9 Å². The van der Waals surface area contributed by atoms with E-state index in [4.69, 9.17) is 0 Å². The fourth-order valence-corrected chi connectivity index (χ4v) is 3.47. The molecule has 3 aromatic rings. The SMILES string of the molecule is Cc1nc(NC(=O)Cc2ccccc2[N+](=O)[O-])sc1-c1ccccc1. The molecule has 1 N–H and O–H groups in total. The van der Waals surface area contributed by atoms with Gasteiger partial charge in [-0.2, -0.15) is 0 Å². The lowest BCUT2D eigenvalue weighted by atomic mass is 10.1. The first kappa shape index (κ1) is 16.8. The van der Waals surface area contributed by atoms with Crippen molar-refractivity contribution in [2.75, 3.05) is 5.32 Å². The van der Waals surface area contributed by atoms with Crippen LogP contribution in [0, 0.1) is 17.0 Å². The highest BCUT2D eigenvalue weighted by Crippen LogP contribution is 2.32. The smallest absolute Gasteiger partial charge is 0.273 e. The zero-order chi connectivity index (χ0) is 17.8. The highest BCUT2D eigenvalue weighted by molar-refractivity contribution is 7.19. The number of carbonyl (C=O) groups is 1. The fourth-order valence-electron chi connectivity index (χ4n) is 2.48. The van der Waals surface area contributed by atoms with E-state index in [2.05, 4.69) is 10.3 Å². The van der Waals surface area contributed by atoms with Gasteiger partial charge in [-0.3, -0.25) is 14.9 Å². The van der Waals surface area contributed by atoms with E-state index in [-0.39, 0.29) is 18.0 Å². The minimum atomic E-state index is -0.482. The van der Waals surface area contributed by atoms with Crippen LogP contribution in [0.1, 0.15) is 11.3 Å². The van der Waals surface area contributed by atoms with Gasteiger partial charge in [0.15, 0.2) is 5.13 Å². The second-order valence-electron chi connectivity index (χ2n) is 5.41. The summed E-state index contributed by atoms with van der Waals surface area (Å²) in [6.07, 6.45) is -0.0730. The first-order chi connectivity index (χ1) is 12.0. The summed E-state index contributed by atoms with van der Waals surface area (Å²) in [5, 5.41) is 14.2. The van der Waals surface area contributed by atoms with Crippen molar-refractivity contribution in [1.29, 1.82) is 0 Å². The molecule has 7 heteroatoms. The second-order valence-corrected chi connectivity index (χ2v) is 6.41. The molecule has 0 aliphatic rings. The molecule has 0 spiro atoms. The standard InChI is InChI=1S/C18H15N3O3S/c1-12-17(13-7-3-2-4-8-13)25-18(19-12)20-16(22)11-14-9-5-6-10-15(14)21(23)24/h2-10H,11H2,1H3,(H,19,20,22). The Labute approximate surface area is 148 Å². The third-order valence-corrected chi connectivity index (χ3v) is 4.74. The molecule has 0 bridgehead atoms. The van der Waals surface area contributed by atoms with Crippen molar-refractivity contribution in [3.63, 3.8) is 0 Å². The third kappa shape index (κ3) is 3.89. The van der Waals surface area contributed by atoms with Crippen LogP contribution in [0.2, 0.25) is 0 Å². The molecule has 0 saturated heterocycles. The van der Waals surface area contributed by atoms with Gasteiger partial charge < -0.3 is 5.32 Å². The molecular weight excluding hydrogens is 338 g/mol. The van der Waals surface area contributed by atoms with Crippen molar-refractivity contribution in [2.45, 2.75) is 13.3 Å². The quantitative estimate of drug-likeness (QED) is 0.550. The van der Waals surface area contributed by atoms with E-state index in [0.29, 0.717) is 10.7 Å². The Hall–Kier alpha value is -3.06. The normalized spacial score (nSPS) is 10.4. The van der Waals surface area contributed by atoms with Crippen molar-refractivity contribution in [2.24, 2.45) is 0 Å². The predicted molar refractivity (Wildman–Crippen MR) is 97.7 cm³/mol. The van der Waals surface area contributed by atoms with Crippen LogP contribution in [0.3, 0.4) is 0 Å². The lowest BCUT2D eigenvalue weighted by molar-refractivity contribution is -0.385. The number of hydrogen-bond donors (Lipinski definition) is 1. The van der Waals surface area contributed by atoms with Gasteiger partial charge in [-0.05, 0) is 12.5 Å². The molecule has 1 aromatic heterocycles. The largest absolute Gasteiger partial charge is 0.302 e. The lowest BCUT2D eigenvalue weighted by Gasteiger charge is -2.03. The average Bonchev–Trinajstić information content (AvgIpc) is 2.96. The van der Waals surface area contributed by atoms with Crippen LogP contribution < -0.4 is 5.32 Å². The Morgan fingerprint density at radius 3 is 2.56 bits per heavy atom.